The van der Waals surface area contributed by atoms with Gasteiger partial charge in [-0.3, -0.25) is 4.79 Å². The van der Waals surface area contributed by atoms with Gasteiger partial charge in [-0.25, -0.2) is 0 Å². The number of benzene rings is 2. The normalized spacial score (nSPS) is 11.9. The molecule has 0 heterocycles. The van der Waals surface area contributed by atoms with E-state index < -0.39 is 6.10 Å². The van der Waals surface area contributed by atoms with Crippen LogP contribution in [-0.4, -0.2) is 11.0 Å². The molecule has 0 radical (unpaired) electrons. The van der Waals surface area contributed by atoms with E-state index in [1.165, 1.54) is 0 Å². The summed E-state index contributed by atoms with van der Waals surface area (Å²) in [4.78, 5) is 12.1. The van der Waals surface area contributed by atoms with E-state index in [1.54, 1.807) is 42.5 Å². The number of rotatable bonds is 4. The highest BCUT2D eigenvalue weighted by atomic mass is 35.5. The fraction of sp³-hybridized carbons (Fsp3) is 0.188. The summed E-state index contributed by atoms with van der Waals surface area (Å²) >= 11 is 5.95. The summed E-state index contributed by atoms with van der Waals surface area (Å²) in [7, 11) is 0. The Labute approximate surface area is 123 Å². The van der Waals surface area contributed by atoms with Crippen molar-refractivity contribution in [2.45, 2.75) is 19.4 Å². The standard InChI is InChI=1S/C16H16ClNO2/c1-2-15(19)13-10-12(17)8-9-14(13)18-16(20)11-6-4-3-5-7-11/h3-10,15,19H,2H2,1H3,(H,18,20). The number of carbonyl (C=O) groups is 1. The van der Waals surface area contributed by atoms with Gasteiger partial charge in [-0.05, 0) is 36.8 Å². The van der Waals surface area contributed by atoms with Crippen LogP contribution in [0.1, 0.15) is 35.4 Å². The second kappa shape index (κ2) is 6.55. The highest BCUT2D eigenvalue weighted by Crippen LogP contribution is 2.28. The van der Waals surface area contributed by atoms with E-state index in [0.29, 0.717) is 28.3 Å². The van der Waals surface area contributed by atoms with Gasteiger partial charge in [0.05, 0.1) is 6.10 Å². The first-order valence-electron chi connectivity index (χ1n) is 6.45. The second-order valence-electron chi connectivity index (χ2n) is 4.48. The molecule has 104 valence electrons. The van der Waals surface area contributed by atoms with Crippen molar-refractivity contribution in [1.29, 1.82) is 0 Å². The Morgan fingerprint density at radius 1 is 1.25 bits per heavy atom. The first-order valence-corrected chi connectivity index (χ1v) is 6.83. The van der Waals surface area contributed by atoms with Crippen molar-refractivity contribution in [1.82, 2.24) is 0 Å². The molecule has 2 rings (SSSR count). The average molecular weight is 290 g/mol. The molecule has 20 heavy (non-hydrogen) atoms. The van der Waals surface area contributed by atoms with Crippen LogP contribution in [0.4, 0.5) is 5.69 Å². The molecule has 0 saturated carbocycles. The number of aliphatic hydroxyl groups excluding tert-OH is 1. The number of hydrogen-bond donors (Lipinski definition) is 2. The number of aliphatic hydroxyl groups is 1. The van der Waals surface area contributed by atoms with Gasteiger partial charge in [0, 0.05) is 21.8 Å². The predicted octanol–water partition coefficient (Wildman–Crippen LogP) is 4.04. The maximum absolute atomic E-state index is 12.1. The third kappa shape index (κ3) is 3.38. The molecule has 0 aliphatic heterocycles. The Bertz CT molecular complexity index is 599. The van der Waals surface area contributed by atoms with E-state index in [0.717, 1.165) is 0 Å². The summed E-state index contributed by atoms with van der Waals surface area (Å²) in [5.74, 6) is -0.211. The smallest absolute Gasteiger partial charge is 0.255 e. The van der Waals surface area contributed by atoms with Gasteiger partial charge in [-0.2, -0.15) is 0 Å². The van der Waals surface area contributed by atoms with Crippen molar-refractivity contribution < 1.29 is 9.90 Å². The molecule has 2 aromatic carbocycles. The third-order valence-electron chi connectivity index (χ3n) is 3.04. The minimum absolute atomic E-state index is 0.211. The van der Waals surface area contributed by atoms with Crippen LogP contribution in [0.5, 0.6) is 0 Å². The Morgan fingerprint density at radius 2 is 1.95 bits per heavy atom. The van der Waals surface area contributed by atoms with Gasteiger partial charge in [0.25, 0.3) is 5.91 Å². The number of halogens is 1. The number of amides is 1. The first-order chi connectivity index (χ1) is 9.61. The lowest BCUT2D eigenvalue weighted by molar-refractivity contribution is 0.102. The zero-order valence-corrected chi connectivity index (χ0v) is 11.9. The lowest BCUT2D eigenvalue weighted by Crippen LogP contribution is -2.14. The van der Waals surface area contributed by atoms with Crippen molar-refractivity contribution in [2.24, 2.45) is 0 Å². The SMILES string of the molecule is CCC(O)c1cc(Cl)ccc1NC(=O)c1ccccc1. The van der Waals surface area contributed by atoms with Crippen molar-refractivity contribution >= 4 is 23.2 Å². The van der Waals surface area contributed by atoms with E-state index in [-0.39, 0.29) is 5.91 Å². The van der Waals surface area contributed by atoms with Crippen LogP contribution in [0.2, 0.25) is 5.02 Å². The maximum atomic E-state index is 12.1. The molecule has 0 bridgehead atoms. The van der Waals surface area contributed by atoms with Crippen LogP contribution >= 0.6 is 11.6 Å². The molecule has 3 nitrogen and oxygen atoms in total. The van der Waals surface area contributed by atoms with E-state index in [9.17, 15) is 9.90 Å². The summed E-state index contributed by atoms with van der Waals surface area (Å²) in [6.45, 7) is 1.87. The van der Waals surface area contributed by atoms with Crippen LogP contribution < -0.4 is 5.32 Å². The zero-order valence-electron chi connectivity index (χ0n) is 11.1. The van der Waals surface area contributed by atoms with E-state index in [4.69, 9.17) is 11.6 Å². The van der Waals surface area contributed by atoms with Crippen molar-refractivity contribution in [2.75, 3.05) is 5.32 Å². The lowest BCUT2D eigenvalue weighted by atomic mass is 10.0. The summed E-state index contributed by atoms with van der Waals surface area (Å²) in [5, 5.41) is 13.4. The van der Waals surface area contributed by atoms with Crippen LogP contribution in [0.15, 0.2) is 48.5 Å². The summed E-state index contributed by atoms with van der Waals surface area (Å²) in [5.41, 5.74) is 1.78. The van der Waals surface area contributed by atoms with Crippen LogP contribution in [0.25, 0.3) is 0 Å². The minimum atomic E-state index is -0.653. The molecular weight excluding hydrogens is 274 g/mol. The summed E-state index contributed by atoms with van der Waals surface area (Å²) in [6, 6.07) is 14.0. The quantitative estimate of drug-likeness (QED) is 0.892. The van der Waals surface area contributed by atoms with E-state index >= 15 is 0 Å². The fourth-order valence-electron chi connectivity index (χ4n) is 1.93. The first kappa shape index (κ1) is 14.6. The average Bonchev–Trinajstić information content (AvgIpc) is 2.49. The summed E-state index contributed by atoms with van der Waals surface area (Å²) in [6.07, 6.45) is -0.103. The van der Waals surface area contributed by atoms with Gasteiger partial charge in [0.2, 0.25) is 0 Å². The van der Waals surface area contributed by atoms with Gasteiger partial charge in [-0.15, -0.1) is 0 Å². The van der Waals surface area contributed by atoms with Crippen molar-refractivity contribution in [3.05, 3.63) is 64.7 Å². The third-order valence-corrected chi connectivity index (χ3v) is 3.28. The van der Waals surface area contributed by atoms with Gasteiger partial charge in [0.1, 0.15) is 0 Å². The molecule has 0 aliphatic rings. The topological polar surface area (TPSA) is 49.3 Å². The molecule has 0 aromatic heterocycles. The minimum Gasteiger partial charge on any atom is -0.388 e. The van der Waals surface area contributed by atoms with Crippen molar-refractivity contribution in [3.8, 4) is 0 Å². The number of anilines is 1. The molecule has 2 N–H and O–H groups in total. The Hall–Kier alpha value is -1.84. The van der Waals surface area contributed by atoms with Gasteiger partial charge in [-0.1, -0.05) is 36.7 Å². The molecule has 1 amide bonds. The highest BCUT2D eigenvalue weighted by Gasteiger charge is 2.14. The monoisotopic (exact) mass is 289 g/mol. The molecule has 1 unspecified atom stereocenters. The van der Waals surface area contributed by atoms with E-state index in [1.807, 2.05) is 13.0 Å². The largest absolute Gasteiger partial charge is 0.388 e. The van der Waals surface area contributed by atoms with Crippen molar-refractivity contribution in [3.63, 3.8) is 0 Å². The van der Waals surface area contributed by atoms with Crippen LogP contribution in [-0.2, 0) is 0 Å². The molecule has 0 spiro atoms. The highest BCUT2D eigenvalue weighted by molar-refractivity contribution is 6.30. The summed E-state index contributed by atoms with van der Waals surface area (Å²) < 4.78 is 0. The van der Waals surface area contributed by atoms with Crippen LogP contribution in [0, 0.1) is 0 Å². The van der Waals surface area contributed by atoms with Gasteiger partial charge < -0.3 is 10.4 Å². The molecule has 2 aromatic rings. The van der Waals surface area contributed by atoms with Gasteiger partial charge in [0.15, 0.2) is 0 Å². The number of nitrogens with one attached hydrogen (secondary N) is 1. The zero-order chi connectivity index (χ0) is 14.5. The Balaban J connectivity index is 2.27. The Kier molecular flexibility index (Phi) is 4.77. The molecule has 0 fully saturated rings. The molecule has 0 saturated heterocycles. The Morgan fingerprint density at radius 3 is 2.60 bits per heavy atom. The molecular formula is C16H16ClNO2. The lowest BCUT2D eigenvalue weighted by Gasteiger charge is -2.15. The number of hydrogen-bond acceptors (Lipinski definition) is 2. The molecule has 1 atom stereocenters. The molecule has 0 aliphatic carbocycles. The van der Waals surface area contributed by atoms with Gasteiger partial charge >= 0.3 is 0 Å². The fourth-order valence-corrected chi connectivity index (χ4v) is 2.11. The number of carbonyl (C=O) groups excluding carboxylic acids is 1. The maximum Gasteiger partial charge on any atom is 0.255 e. The second-order valence-corrected chi connectivity index (χ2v) is 4.91. The van der Waals surface area contributed by atoms with Crippen LogP contribution in [0.3, 0.4) is 0 Å². The molecule has 4 heteroatoms. The van der Waals surface area contributed by atoms with E-state index in [2.05, 4.69) is 5.32 Å². The predicted molar refractivity (Wildman–Crippen MR) is 81.1 cm³/mol.